The van der Waals surface area contributed by atoms with Gasteiger partial charge in [0.15, 0.2) is 0 Å². The van der Waals surface area contributed by atoms with Gasteiger partial charge >= 0.3 is 0 Å². The van der Waals surface area contributed by atoms with E-state index in [1.54, 1.807) is 24.3 Å². The summed E-state index contributed by atoms with van der Waals surface area (Å²) in [7, 11) is 0. The second kappa shape index (κ2) is 5.45. The lowest BCUT2D eigenvalue weighted by Gasteiger charge is -2.01. The van der Waals surface area contributed by atoms with Gasteiger partial charge in [-0.15, -0.1) is 0 Å². The van der Waals surface area contributed by atoms with Gasteiger partial charge in [-0.3, -0.25) is 4.79 Å². The molecule has 0 aliphatic heterocycles. The maximum atomic E-state index is 11.7. The van der Waals surface area contributed by atoms with Gasteiger partial charge < -0.3 is 4.42 Å². The number of benzene rings is 1. The Morgan fingerprint density at radius 2 is 2.18 bits per heavy atom. The van der Waals surface area contributed by atoms with E-state index in [1.165, 1.54) is 18.7 Å². The van der Waals surface area contributed by atoms with E-state index in [0.29, 0.717) is 5.56 Å². The lowest BCUT2D eigenvalue weighted by Crippen LogP contribution is -2.17. The standard InChI is InChI=1S/C12H9BrN2O2/c13-11-4-2-1-3-10(11)12(16)15-14-7-9-5-6-17-8-9/h1-8H,(H,15,16)/b14-7-. The van der Waals surface area contributed by atoms with Crippen LogP contribution >= 0.6 is 15.9 Å². The van der Waals surface area contributed by atoms with Crippen LogP contribution in [0, 0.1) is 0 Å². The summed E-state index contributed by atoms with van der Waals surface area (Å²) in [5, 5.41) is 3.83. The number of hydrogen-bond acceptors (Lipinski definition) is 3. The molecule has 2 aromatic rings. The largest absolute Gasteiger partial charge is 0.472 e. The highest BCUT2D eigenvalue weighted by Gasteiger charge is 2.07. The zero-order valence-corrected chi connectivity index (χ0v) is 10.3. The third-order valence-electron chi connectivity index (χ3n) is 2.04. The monoisotopic (exact) mass is 292 g/mol. The molecule has 0 fully saturated rings. The SMILES string of the molecule is O=C(N/N=C\c1ccoc1)c1ccccc1Br. The van der Waals surface area contributed by atoms with E-state index in [1.807, 2.05) is 6.07 Å². The van der Waals surface area contributed by atoms with E-state index in [0.717, 1.165) is 10.0 Å². The normalized spacial score (nSPS) is 10.6. The van der Waals surface area contributed by atoms with Gasteiger partial charge in [0.25, 0.3) is 5.91 Å². The van der Waals surface area contributed by atoms with Crippen molar-refractivity contribution in [3.63, 3.8) is 0 Å². The first-order valence-corrected chi connectivity index (χ1v) is 5.67. The molecule has 86 valence electrons. The summed E-state index contributed by atoms with van der Waals surface area (Å²) in [5.74, 6) is -0.266. The van der Waals surface area contributed by atoms with Gasteiger partial charge in [0.2, 0.25) is 0 Å². The number of hydrazone groups is 1. The molecule has 1 aromatic carbocycles. The molecule has 1 N–H and O–H groups in total. The fraction of sp³-hybridized carbons (Fsp3) is 0. The molecule has 2 rings (SSSR count). The highest BCUT2D eigenvalue weighted by Crippen LogP contribution is 2.15. The Kier molecular flexibility index (Phi) is 3.72. The molecule has 0 spiro atoms. The van der Waals surface area contributed by atoms with Crippen molar-refractivity contribution < 1.29 is 9.21 Å². The molecule has 1 amide bonds. The Balaban J connectivity index is 2.01. The molecular formula is C12H9BrN2O2. The molecule has 0 saturated carbocycles. The van der Waals surface area contributed by atoms with Crippen LogP contribution in [0.5, 0.6) is 0 Å². The maximum Gasteiger partial charge on any atom is 0.272 e. The van der Waals surface area contributed by atoms with E-state index in [4.69, 9.17) is 4.42 Å². The average molecular weight is 293 g/mol. The Hall–Kier alpha value is -1.88. The molecule has 0 bridgehead atoms. The van der Waals surface area contributed by atoms with Gasteiger partial charge in [-0.05, 0) is 34.1 Å². The fourth-order valence-corrected chi connectivity index (χ4v) is 1.68. The average Bonchev–Trinajstić information content (AvgIpc) is 2.82. The van der Waals surface area contributed by atoms with Crippen LogP contribution in [0.4, 0.5) is 0 Å². The Bertz CT molecular complexity index is 535. The summed E-state index contributed by atoms with van der Waals surface area (Å²) in [4.78, 5) is 11.7. The van der Waals surface area contributed by atoms with E-state index in [2.05, 4.69) is 26.5 Å². The topological polar surface area (TPSA) is 54.6 Å². The molecule has 1 heterocycles. The number of nitrogens with one attached hydrogen (secondary N) is 1. The Morgan fingerprint density at radius 3 is 2.88 bits per heavy atom. The third kappa shape index (κ3) is 3.04. The summed E-state index contributed by atoms with van der Waals surface area (Å²) >= 11 is 3.30. The van der Waals surface area contributed by atoms with E-state index in [9.17, 15) is 4.79 Å². The highest BCUT2D eigenvalue weighted by molar-refractivity contribution is 9.10. The Morgan fingerprint density at radius 1 is 1.35 bits per heavy atom. The molecule has 4 nitrogen and oxygen atoms in total. The van der Waals surface area contributed by atoms with Crippen molar-refractivity contribution in [3.8, 4) is 0 Å². The van der Waals surface area contributed by atoms with Gasteiger partial charge in [-0.1, -0.05) is 12.1 Å². The van der Waals surface area contributed by atoms with Crippen molar-refractivity contribution in [2.75, 3.05) is 0 Å². The summed E-state index contributed by atoms with van der Waals surface area (Å²) in [6, 6.07) is 8.89. The molecule has 0 saturated heterocycles. The van der Waals surface area contributed by atoms with Crippen LogP contribution in [0.15, 0.2) is 56.8 Å². The summed E-state index contributed by atoms with van der Waals surface area (Å²) in [5.41, 5.74) is 3.76. The number of furan rings is 1. The van der Waals surface area contributed by atoms with Crippen molar-refractivity contribution in [1.29, 1.82) is 0 Å². The van der Waals surface area contributed by atoms with E-state index < -0.39 is 0 Å². The van der Waals surface area contributed by atoms with Gasteiger partial charge in [-0.2, -0.15) is 5.10 Å². The minimum Gasteiger partial charge on any atom is -0.472 e. The first-order chi connectivity index (χ1) is 8.27. The first-order valence-electron chi connectivity index (χ1n) is 4.87. The zero-order valence-electron chi connectivity index (χ0n) is 8.76. The smallest absolute Gasteiger partial charge is 0.272 e. The van der Waals surface area contributed by atoms with Crippen LogP contribution in [0.1, 0.15) is 15.9 Å². The summed E-state index contributed by atoms with van der Waals surface area (Å²) in [6.45, 7) is 0. The van der Waals surface area contributed by atoms with Crippen LogP contribution < -0.4 is 5.43 Å². The zero-order chi connectivity index (χ0) is 12.1. The van der Waals surface area contributed by atoms with Crippen LogP contribution in [0.2, 0.25) is 0 Å². The third-order valence-corrected chi connectivity index (χ3v) is 2.73. The highest BCUT2D eigenvalue weighted by atomic mass is 79.9. The van der Waals surface area contributed by atoms with E-state index >= 15 is 0 Å². The molecular weight excluding hydrogens is 284 g/mol. The number of nitrogens with zero attached hydrogens (tertiary/aromatic N) is 1. The molecule has 5 heteroatoms. The van der Waals surface area contributed by atoms with Crippen LogP contribution in [0.3, 0.4) is 0 Å². The second-order valence-electron chi connectivity index (χ2n) is 3.24. The number of hydrogen-bond donors (Lipinski definition) is 1. The molecule has 0 radical (unpaired) electrons. The summed E-state index contributed by atoms with van der Waals surface area (Å²) in [6.07, 6.45) is 4.59. The lowest BCUT2D eigenvalue weighted by atomic mass is 10.2. The Labute approximate surface area is 106 Å². The van der Waals surface area contributed by atoms with Gasteiger partial charge in [0.05, 0.1) is 24.3 Å². The maximum absolute atomic E-state index is 11.7. The molecule has 17 heavy (non-hydrogen) atoms. The van der Waals surface area contributed by atoms with Crippen LogP contribution in [-0.2, 0) is 0 Å². The van der Waals surface area contributed by atoms with Crippen molar-refractivity contribution in [2.24, 2.45) is 5.10 Å². The lowest BCUT2D eigenvalue weighted by molar-refractivity contribution is 0.0954. The fourth-order valence-electron chi connectivity index (χ4n) is 1.22. The number of rotatable bonds is 3. The number of carbonyl (C=O) groups is 1. The minimum atomic E-state index is -0.266. The van der Waals surface area contributed by atoms with Gasteiger partial charge in [0.1, 0.15) is 0 Å². The number of halogens is 1. The minimum absolute atomic E-state index is 0.266. The van der Waals surface area contributed by atoms with Crippen molar-refractivity contribution >= 4 is 28.1 Å². The quantitative estimate of drug-likeness (QED) is 0.699. The van der Waals surface area contributed by atoms with Gasteiger partial charge in [0, 0.05) is 10.0 Å². The summed E-state index contributed by atoms with van der Waals surface area (Å²) < 4.78 is 5.60. The first kappa shape index (κ1) is 11.6. The van der Waals surface area contributed by atoms with Crippen molar-refractivity contribution in [2.45, 2.75) is 0 Å². The molecule has 0 unspecified atom stereocenters. The van der Waals surface area contributed by atoms with Crippen LogP contribution in [-0.4, -0.2) is 12.1 Å². The van der Waals surface area contributed by atoms with Crippen LogP contribution in [0.25, 0.3) is 0 Å². The number of amides is 1. The van der Waals surface area contributed by atoms with Gasteiger partial charge in [-0.25, -0.2) is 5.43 Å². The molecule has 0 atom stereocenters. The predicted molar refractivity (Wildman–Crippen MR) is 67.9 cm³/mol. The molecule has 0 aliphatic rings. The molecule has 1 aromatic heterocycles. The second-order valence-corrected chi connectivity index (χ2v) is 4.09. The predicted octanol–water partition coefficient (Wildman–Crippen LogP) is 2.81. The molecule has 0 aliphatic carbocycles. The van der Waals surface area contributed by atoms with E-state index in [-0.39, 0.29) is 5.91 Å². The number of carbonyl (C=O) groups excluding carboxylic acids is 1. The van der Waals surface area contributed by atoms with Crippen molar-refractivity contribution in [3.05, 3.63) is 58.5 Å². The van der Waals surface area contributed by atoms with Crippen molar-refractivity contribution in [1.82, 2.24) is 5.43 Å².